The fourth-order valence-corrected chi connectivity index (χ4v) is 1.93. The molecule has 2 N–H and O–H groups in total. The molecule has 0 atom stereocenters. The number of aldehydes is 1. The maximum atomic E-state index is 11.3. The summed E-state index contributed by atoms with van der Waals surface area (Å²) in [5, 5.41) is 0.755. The molecule has 0 unspecified atom stereocenters. The summed E-state index contributed by atoms with van der Waals surface area (Å²) in [6.07, 6.45) is 3.20. The van der Waals surface area contributed by atoms with Crippen molar-refractivity contribution in [2.75, 3.05) is 0 Å². The first-order valence-electron chi connectivity index (χ1n) is 4.71. The molecule has 0 spiro atoms. The van der Waals surface area contributed by atoms with Crippen molar-refractivity contribution < 1.29 is 9.59 Å². The summed E-state index contributed by atoms with van der Waals surface area (Å²) in [6, 6.07) is 4.80. The van der Waals surface area contributed by atoms with Crippen LogP contribution in [0.5, 0.6) is 0 Å². The molecule has 0 saturated carbocycles. The van der Waals surface area contributed by atoms with Gasteiger partial charge in [0.15, 0.2) is 6.29 Å². The van der Waals surface area contributed by atoms with Crippen molar-refractivity contribution in [3.8, 4) is 0 Å². The Balaban J connectivity index is 2.74. The molecule has 0 bridgehead atoms. The molecule has 6 heteroatoms. The minimum atomic E-state index is -0.597. The number of carbonyl (C=O) groups is 2. The van der Waals surface area contributed by atoms with Crippen LogP contribution in [0.25, 0.3) is 10.9 Å². The van der Waals surface area contributed by atoms with Crippen LogP contribution in [0.4, 0.5) is 10.5 Å². The molecular weight excluding hydrogens is 286 g/mol. The highest BCUT2D eigenvalue weighted by atomic mass is 79.9. The van der Waals surface area contributed by atoms with Crippen molar-refractivity contribution in [3.05, 3.63) is 28.9 Å². The fourth-order valence-electron chi connectivity index (χ4n) is 1.58. The van der Waals surface area contributed by atoms with Gasteiger partial charge in [0.25, 0.3) is 0 Å². The molecule has 86 valence electrons. The molecule has 0 fully saturated rings. The Hall–Kier alpha value is -1.95. The molecule has 1 aromatic heterocycles. The Morgan fingerprint density at radius 1 is 1.47 bits per heavy atom. The van der Waals surface area contributed by atoms with Gasteiger partial charge in [-0.05, 0) is 18.2 Å². The van der Waals surface area contributed by atoms with Crippen molar-refractivity contribution in [3.63, 3.8) is 0 Å². The summed E-state index contributed by atoms with van der Waals surface area (Å²) in [7, 11) is 0. The second kappa shape index (κ2) is 4.50. The summed E-state index contributed by atoms with van der Waals surface area (Å²) >= 11 is 3.32. The lowest BCUT2D eigenvalue weighted by Gasteiger charge is -1.98. The van der Waals surface area contributed by atoms with E-state index in [-0.39, 0.29) is 0 Å². The van der Waals surface area contributed by atoms with Gasteiger partial charge in [-0.15, -0.1) is 0 Å². The molecule has 0 radical (unpaired) electrons. The van der Waals surface area contributed by atoms with E-state index in [1.54, 1.807) is 12.1 Å². The monoisotopic (exact) mass is 293 g/mol. The summed E-state index contributed by atoms with van der Waals surface area (Å²) in [5.74, 6) is 0. The van der Waals surface area contributed by atoms with Gasteiger partial charge in [-0.2, -0.15) is 0 Å². The topological polar surface area (TPSA) is 77.5 Å². The number of rotatable bonds is 2. The van der Waals surface area contributed by atoms with Crippen LogP contribution >= 0.6 is 15.9 Å². The van der Waals surface area contributed by atoms with Crippen molar-refractivity contribution in [1.82, 2.24) is 4.57 Å². The van der Waals surface area contributed by atoms with E-state index in [0.717, 1.165) is 16.1 Å². The van der Waals surface area contributed by atoms with Crippen LogP contribution in [0.1, 0.15) is 0 Å². The van der Waals surface area contributed by atoms with E-state index < -0.39 is 6.03 Å². The number of nitrogens with zero attached hydrogens (tertiary/aromatic N) is 2. The van der Waals surface area contributed by atoms with Crippen molar-refractivity contribution in [2.24, 2.45) is 10.7 Å². The van der Waals surface area contributed by atoms with Crippen LogP contribution in [0.2, 0.25) is 0 Å². The Labute approximate surface area is 105 Å². The molecule has 2 aromatic rings. The van der Waals surface area contributed by atoms with Gasteiger partial charge in [0.05, 0.1) is 17.4 Å². The highest BCUT2D eigenvalue weighted by Crippen LogP contribution is 2.30. The highest BCUT2D eigenvalue weighted by Gasteiger charge is 2.10. The molecule has 5 nitrogen and oxygen atoms in total. The second-order valence-electron chi connectivity index (χ2n) is 3.30. The Morgan fingerprint density at radius 3 is 2.88 bits per heavy atom. The first-order chi connectivity index (χ1) is 8.13. The fraction of sp³-hybridized carbons (Fsp3) is 0. The van der Waals surface area contributed by atoms with Crippen molar-refractivity contribution in [2.45, 2.75) is 0 Å². The summed E-state index contributed by atoms with van der Waals surface area (Å²) in [5.41, 5.74) is 6.43. The van der Waals surface area contributed by atoms with Crippen LogP contribution in [0.3, 0.4) is 0 Å². The Kier molecular flexibility index (Phi) is 3.06. The normalized spacial score (nSPS) is 11.1. The third kappa shape index (κ3) is 2.12. The summed E-state index contributed by atoms with van der Waals surface area (Å²) in [6.45, 7) is 0. The van der Waals surface area contributed by atoms with Gasteiger partial charge in [0.2, 0.25) is 0 Å². The van der Waals surface area contributed by atoms with Gasteiger partial charge in [0, 0.05) is 16.1 Å². The number of hydrogen-bond donors (Lipinski definition) is 1. The summed E-state index contributed by atoms with van der Waals surface area (Å²) < 4.78 is 2.12. The lowest BCUT2D eigenvalue weighted by molar-refractivity contribution is -0.102. The molecule has 0 aliphatic carbocycles. The number of halogens is 1. The average molecular weight is 294 g/mol. The summed E-state index contributed by atoms with van der Waals surface area (Å²) in [4.78, 5) is 25.5. The average Bonchev–Trinajstić information content (AvgIpc) is 2.64. The number of amides is 1. The molecular formula is C11H8BrN3O2. The van der Waals surface area contributed by atoms with E-state index in [4.69, 9.17) is 5.73 Å². The predicted octanol–water partition coefficient (Wildman–Crippen LogP) is 2.23. The number of carbonyl (C=O) groups excluding carboxylic acids is 2. The molecule has 2 rings (SSSR count). The van der Waals surface area contributed by atoms with Gasteiger partial charge >= 0.3 is 6.03 Å². The Bertz CT molecular complexity index is 631. The van der Waals surface area contributed by atoms with Gasteiger partial charge in [-0.25, -0.2) is 4.79 Å². The third-order valence-corrected chi connectivity index (χ3v) is 2.75. The van der Waals surface area contributed by atoms with Crippen molar-refractivity contribution >= 4 is 51.1 Å². The predicted molar refractivity (Wildman–Crippen MR) is 68.8 cm³/mol. The van der Waals surface area contributed by atoms with Gasteiger partial charge in [-0.3, -0.25) is 14.4 Å². The van der Waals surface area contributed by atoms with Gasteiger partial charge in [-0.1, -0.05) is 15.9 Å². The van der Waals surface area contributed by atoms with E-state index in [0.29, 0.717) is 17.5 Å². The highest BCUT2D eigenvalue weighted by molar-refractivity contribution is 9.10. The number of primary amides is 1. The largest absolute Gasteiger partial charge is 0.351 e. The van der Waals surface area contributed by atoms with E-state index >= 15 is 0 Å². The molecule has 1 heterocycles. The second-order valence-corrected chi connectivity index (χ2v) is 4.21. The molecule has 1 amide bonds. The zero-order valence-corrected chi connectivity index (χ0v) is 10.2. The lowest BCUT2D eigenvalue weighted by Crippen LogP contribution is -2.18. The SMILES string of the molecule is NC(=O)n1cc(N=CC=O)c2ccc(Br)cc21. The van der Waals surface area contributed by atoms with Crippen molar-refractivity contribution in [1.29, 1.82) is 0 Å². The number of hydrogen-bond acceptors (Lipinski definition) is 3. The number of aromatic nitrogens is 1. The standard InChI is InChI=1S/C11H8BrN3O2/c12-7-1-2-8-9(14-3-4-16)6-15(11(13)17)10(8)5-7/h1-6H,(H2,13,17). The zero-order valence-electron chi connectivity index (χ0n) is 8.63. The first kappa shape index (κ1) is 11.5. The van der Waals surface area contributed by atoms with E-state index in [1.807, 2.05) is 6.07 Å². The Morgan fingerprint density at radius 2 is 2.24 bits per heavy atom. The third-order valence-electron chi connectivity index (χ3n) is 2.26. The molecule has 17 heavy (non-hydrogen) atoms. The van der Waals surface area contributed by atoms with Crippen LogP contribution in [0.15, 0.2) is 33.9 Å². The lowest BCUT2D eigenvalue weighted by atomic mass is 10.2. The maximum absolute atomic E-state index is 11.3. The number of aliphatic imine (C=N–C) groups is 1. The number of fused-ring (bicyclic) bond motifs is 1. The maximum Gasteiger partial charge on any atom is 0.323 e. The van der Waals surface area contributed by atoms with Gasteiger partial charge < -0.3 is 5.73 Å². The van der Waals surface area contributed by atoms with Crippen LogP contribution in [-0.2, 0) is 4.79 Å². The molecule has 0 saturated heterocycles. The van der Waals surface area contributed by atoms with Gasteiger partial charge in [0.1, 0.15) is 0 Å². The minimum absolute atomic E-state index is 0.526. The number of nitrogens with two attached hydrogens (primary N) is 1. The van der Waals surface area contributed by atoms with E-state index in [1.165, 1.54) is 10.8 Å². The molecule has 0 aliphatic heterocycles. The zero-order chi connectivity index (χ0) is 12.4. The quantitative estimate of drug-likeness (QED) is 0.681. The van der Waals surface area contributed by atoms with E-state index in [2.05, 4.69) is 20.9 Å². The molecule has 0 aliphatic rings. The molecule has 1 aromatic carbocycles. The van der Waals surface area contributed by atoms with Crippen LogP contribution < -0.4 is 5.73 Å². The first-order valence-corrected chi connectivity index (χ1v) is 5.51. The smallest absolute Gasteiger partial charge is 0.323 e. The number of benzene rings is 1. The van der Waals surface area contributed by atoms with Crippen LogP contribution in [-0.4, -0.2) is 23.1 Å². The van der Waals surface area contributed by atoms with E-state index in [9.17, 15) is 9.59 Å². The minimum Gasteiger partial charge on any atom is -0.351 e. The van der Waals surface area contributed by atoms with Crippen LogP contribution in [0, 0.1) is 0 Å².